The average molecular weight is 286 g/mol. The number of aromatic nitrogens is 3. The SMILES string of the molecule is CCN1CCn2c(nnc2-c2ccc3c(c2)OCO3)C1=O. The van der Waals surface area contributed by atoms with Crippen LogP contribution in [0.2, 0.25) is 0 Å². The number of rotatable bonds is 2. The Morgan fingerprint density at radius 1 is 1.14 bits per heavy atom. The molecule has 7 heteroatoms. The molecule has 1 amide bonds. The highest BCUT2D eigenvalue weighted by molar-refractivity contribution is 5.92. The zero-order chi connectivity index (χ0) is 14.4. The van der Waals surface area contributed by atoms with E-state index >= 15 is 0 Å². The number of likely N-dealkylation sites (N-methyl/N-ethyl adjacent to an activating group) is 1. The van der Waals surface area contributed by atoms with Crippen molar-refractivity contribution in [3.8, 4) is 22.9 Å². The summed E-state index contributed by atoms with van der Waals surface area (Å²) in [5, 5.41) is 8.24. The van der Waals surface area contributed by atoms with E-state index in [9.17, 15) is 4.79 Å². The Morgan fingerprint density at radius 3 is 2.81 bits per heavy atom. The van der Waals surface area contributed by atoms with Crippen LogP contribution >= 0.6 is 0 Å². The van der Waals surface area contributed by atoms with Crippen LogP contribution in [0.1, 0.15) is 17.5 Å². The van der Waals surface area contributed by atoms with E-state index in [2.05, 4.69) is 10.2 Å². The first-order chi connectivity index (χ1) is 10.3. The zero-order valence-electron chi connectivity index (χ0n) is 11.6. The van der Waals surface area contributed by atoms with Crippen molar-refractivity contribution < 1.29 is 14.3 Å². The lowest BCUT2D eigenvalue weighted by molar-refractivity contribution is 0.0707. The highest BCUT2D eigenvalue weighted by Gasteiger charge is 2.28. The van der Waals surface area contributed by atoms with E-state index < -0.39 is 0 Å². The maximum atomic E-state index is 12.2. The number of carbonyl (C=O) groups is 1. The molecule has 0 bridgehead atoms. The van der Waals surface area contributed by atoms with Crippen molar-refractivity contribution in [1.82, 2.24) is 19.7 Å². The Bertz CT molecular complexity index is 725. The number of nitrogens with zero attached hydrogens (tertiary/aromatic N) is 4. The third-order valence-electron chi connectivity index (χ3n) is 3.84. The van der Waals surface area contributed by atoms with E-state index in [0.717, 1.165) is 11.3 Å². The molecule has 0 saturated heterocycles. The summed E-state index contributed by atoms with van der Waals surface area (Å²) in [6, 6.07) is 5.63. The Morgan fingerprint density at radius 2 is 1.95 bits per heavy atom. The number of carbonyl (C=O) groups excluding carboxylic acids is 1. The topological polar surface area (TPSA) is 69.5 Å². The monoisotopic (exact) mass is 286 g/mol. The summed E-state index contributed by atoms with van der Waals surface area (Å²) in [5.74, 6) is 2.44. The summed E-state index contributed by atoms with van der Waals surface area (Å²) < 4.78 is 12.6. The smallest absolute Gasteiger partial charge is 0.291 e. The van der Waals surface area contributed by atoms with E-state index in [-0.39, 0.29) is 12.7 Å². The molecule has 0 unspecified atom stereocenters. The summed E-state index contributed by atoms with van der Waals surface area (Å²) in [6.07, 6.45) is 0. The fourth-order valence-corrected chi connectivity index (χ4v) is 2.69. The maximum Gasteiger partial charge on any atom is 0.291 e. The number of amides is 1. The summed E-state index contributed by atoms with van der Waals surface area (Å²) in [6.45, 7) is 4.26. The van der Waals surface area contributed by atoms with Crippen LogP contribution in [-0.4, -0.2) is 45.5 Å². The molecule has 1 aromatic heterocycles. The molecule has 21 heavy (non-hydrogen) atoms. The van der Waals surface area contributed by atoms with Crippen LogP contribution in [0.3, 0.4) is 0 Å². The van der Waals surface area contributed by atoms with E-state index in [0.29, 0.717) is 37.0 Å². The molecule has 0 saturated carbocycles. The quantitative estimate of drug-likeness (QED) is 0.828. The molecular weight excluding hydrogens is 272 g/mol. The van der Waals surface area contributed by atoms with Gasteiger partial charge in [-0.1, -0.05) is 0 Å². The Labute approximate surface area is 121 Å². The van der Waals surface area contributed by atoms with Gasteiger partial charge in [0.15, 0.2) is 17.3 Å². The van der Waals surface area contributed by atoms with Gasteiger partial charge < -0.3 is 18.9 Å². The van der Waals surface area contributed by atoms with E-state index in [4.69, 9.17) is 9.47 Å². The molecule has 4 rings (SSSR count). The largest absolute Gasteiger partial charge is 0.454 e. The molecule has 0 spiro atoms. The zero-order valence-corrected chi connectivity index (χ0v) is 11.6. The van der Waals surface area contributed by atoms with Gasteiger partial charge in [0.1, 0.15) is 0 Å². The van der Waals surface area contributed by atoms with Gasteiger partial charge >= 0.3 is 0 Å². The van der Waals surface area contributed by atoms with Crippen molar-refractivity contribution in [3.63, 3.8) is 0 Å². The number of fused-ring (bicyclic) bond motifs is 2. The van der Waals surface area contributed by atoms with Gasteiger partial charge in [0.25, 0.3) is 5.91 Å². The second-order valence-electron chi connectivity index (χ2n) is 4.95. The molecule has 2 aromatic rings. The van der Waals surface area contributed by atoms with Gasteiger partial charge in [-0.05, 0) is 25.1 Å². The van der Waals surface area contributed by atoms with E-state index in [1.54, 1.807) is 4.90 Å². The van der Waals surface area contributed by atoms with Crippen molar-refractivity contribution >= 4 is 5.91 Å². The van der Waals surface area contributed by atoms with Gasteiger partial charge in [-0.3, -0.25) is 4.79 Å². The van der Waals surface area contributed by atoms with Crippen LogP contribution in [0.5, 0.6) is 11.5 Å². The van der Waals surface area contributed by atoms with Gasteiger partial charge in [-0.25, -0.2) is 0 Å². The van der Waals surface area contributed by atoms with Crippen molar-refractivity contribution in [2.75, 3.05) is 19.9 Å². The minimum atomic E-state index is -0.0664. The summed E-state index contributed by atoms with van der Waals surface area (Å²) in [4.78, 5) is 14.0. The van der Waals surface area contributed by atoms with Gasteiger partial charge in [-0.15, -0.1) is 10.2 Å². The maximum absolute atomic E-state index is 12.2. The van der Waals surface area contributed by atoms with Crippen molar-refractivity contribution in [2.45, 2.75) is 13.5 Å². The third kappa shape index (κ3) is 1.77. The minimum absolute atomic E-state index is 0.0664. The average Bonchev–Trinajstić information content (AvgIpc) is 3.13. The highest BCUT2D eigenvalue weighted by Crippen LogP contribution is 2.35. The molecular formula is C14H14N4O3. The fourth-order valence-electron chi connectivity index (χ4n) is 2.69. The van der Waals surface area contributed by atoms with Gasteiger partial charge in [0.05, 0.1) is 0 Å². The van der Waals surface area contributed by atoms with Crippen LogP contribution in [0.4, 0.5) is 0 Å². The summed E-state index contributed by atoms with van der Waals surface area (Å²) in [7, 11) is 0. The molecule has 108 valence electrons. The first-order valence-corrected chi connectivity index (χ1v) is 6.90. The van der Waals surface area contributed by atoms with E-state index in [1.807, 2.05) is 29.7 Å². The Kier molecular flexibility index (Phi) is 2.60. The van der Waals surface area contributed by atoms with Crippen molar-refractivity contribution in [1.29, 1.82) is 0 Å². The number of ether oxygens (including phenoxy) is 2. The molecule has 0 N–H and O–H groups in total. The van der Waals surface area contributed by atoms with Crippen LogP contribution in [0.25, 0.3) is 11.4 Å². The second kappa shape index (κ2) is 4.47. The predicted octanol–water partition coefficient (Wildman–Crippen LogP) is 1.15. The molecule has 3 heterocycles. The first-order valence-electron chi connectivity index (χ1n) is 6.90. The van der Waals surface area contributed by atoms with E-state index in [1.165, 1.54) is 0 Å². The predicted molar refractivity (Wildman–Crippen MR) is 73.2 cm³/mol. The lowest BCUT2D eigenvalue weighted by Gasteiger charge is -2.26. The first kappa shape index (κ1) is 12.2. The number of hydrogen-bond acceptors (Lipinski definition) is 5. The Balaban J connectivity index is 1.76. The van der Waals surface area contributed by atoms with Crippen LogP contribution in [0, 0.1) is 0 Å². The minimum Gasteiger partial charge on any atom is -0.454 e. The fraction of sp³-hybridized carbons (Fsp3) is 0.357. The van der Waals surface area contributed by atoms with Crippen LogP contribution in [-0.2, 0) is 6.54 Å². The molecule has 2 aliphatic heterocycles. The van der Waals surface area contributed by atoms with Crippen LogP contribution in [0.15, 0.2) is 18.2 Å². The molecule has 7 nitrogen and oxygen atoms in total. The number of benzene rings is 1. The third-order valence-corrected chi connectivity index (χ3v) is 3.84. The standard InChI is InChI=1S/C14H14N4O3/c1-2-17-5-6-18-12(15-16-13(18)14(17)19)9-3-4-10-11(7-9)21-8-20-10/h3-4,7H,2,5-6,8H2,1H3. The van der Waals surface area contributed by atoms with Crippen molar-refractivity contribution in [3.05, 3.63) is 24.0 Å². The molecule has 0 fully saturated rings. The Hall–Kier alpha value is -2.57. The lowest BCUT2D eigenvalue weighted by atomic mass is 10.2. The van der Waals surface area contributed by atoms with Crippen molar-refractivity contribution in [2.24, 2.45) is 0 Å². The second-order valence-corrected chi connectivity index (χ2v) is 4.95. The number of hydrogen-bond donors (Lipinski definition) is 0. The normalized spacial score (nSPS) is 16.2. The lowest BCUT2D eigenvalue weighted by Crippen LogP contribution is -2.40. The molecule has 1 aromatic carbocycles. The van der Waals surface area contributed by atoms with Gasteiger partial charge in [0, 0.05) is 25.2 Å². The molecule has 0 aliphatic carbocycles. The van der Waals surface area contributed by atoms with Crippen LogP contribution < -0.4 is 9.47 Å². The molecule has 0 radical (unpaired) electrons. The summed E-state index contributed by atoms with van der Waals surface area (Å²) in [5.41, 5.74) is 0.871. The molecule has 0 atom stereocenters. The van der Waals surface area contributed by atoms with Gasteiger partial charge in [0.2, 0.25) is 12.6 Å². The van der Waals surface area contributed by atoms with Gasteiger partial charge in [-0.2, -0.15) is 0 Å². The molecule has 2 aliphatic rings. The summed E-state index contributed by atoms with van der Waals surface area (Å²) >= 11 is 0. The highest BCUT2D eigenvalue weighted by atomic mass is 16.7.